The highest BCUT2D eigenvalue weighted by Gasteiger charge is 2.25. The number of hydrogen-bond acceptors (Lipinski definition) is 4. The van der Waals surface area contributed by atoms with Crippen molar-refractivity contribution in [2.24, 2.45) is 0 Å². The van der Waals surface area contributed by atoms with Gasteiger partial charge in [-0.15, -0.1) is 0 Å². The second-order valence-corrected chi connectivity index (χ2v) is 8.78. The summed E-state index contributed by atoms with van der Waals surface area (Å²) in [5.41, 5.74) is 4.31. The van der Waals surface area contributed by atoms with E-state index in [0.29, 0.717) is 50.9 Å². The summed E-state index contributed by atoms with van der Waals surface area (Å²) in [7, 11) is 1.57. The van der Waals surface area contributed by atoms with Crippen LogP contribution in [-0.2, 0) is 17.8 Å². The lowest BCUT2D eigenvalue weighted by Gasteiger charge is -2.10. The number of benzene rings is 3. The van der Waals surface area contributed by atoms with Gasteiger partial charge in [0.25, 0.3) is 11.8 Å². The third kappa shape index (κ3) is 4.04. The molecule has 7 nitrogen and oxygen atoms in total. The van der Waals surface area contributed by atoms with Crippen LogP contribution >= 0.6 is 11.6 Å². The quantitative estimate of drug-likeness (QED) is 0.426. The molecule has 0 radical (unpaired) electrons. The summed E-state index contributed by atoms with van der Waals surface area (Å²) in [6, 6.07) is 17.5. The van der Waals surface area contributed by atoms with Gasteiger partial charge in [-0.3, -0.25) is 19.0 Å². The van der Waals surface area contributed by atoms with Crippen molar-refractivity contribution in [3.63, 3.8) is 0 Å². The molecule has 0 aliphatic carbocycles. The maximum absolute atomic E-state index is 13.4. The molecule has 1 aliphatic heterocycles. The fourth-order valence-electron chi connectivity index (χ4n) is 4.53. The van der Waals surface area contributed by atoms with E-state index >= 15 is 0 Å². The summed E-state index contributed by atoms with van der Waals surface area (Å²) < 4.78 is 7.00. The number of fused-ring (bicyclic) bond motifs is 2. The van der Waals surface area contributed by atoms with Crippen molar-refractivity contribution in [1.29, 1.82) is 0 Å². The molecule has 35 heavy (non-hydrogen) atoms. The molecular formula is C27H22ClN3O4. The average molecular weight is 488 g/mol. The molecule has 1 aliphatic rings. The molecule has 0 atom stereocenters. The van der Waals surface area contributed by atoms with Crippen molar-refractivity contribution in [3.05, 3.63) is 93.6 Å². The lowest BCUT2D eigenvalue weighted by atomic mass is 10.1. The first kappa shape index (κ1) is 22.7. The maximum Gasteiger partial charge on any atom is 0.262 e. The molecule has 2 heterocycles. The number of hydrogen-bond donors (Lipinski definition) is 2. The number of carbonyl (C=O) groups is 3. The minimum absolute atomic E-state index is 0.0156. The van der Waals surface area contributed by atoms with Gasteiger partial charge in [-0.05, 0) is 66.6 Å². The van der Waals surface area contributed by atoms with E-state index in [-0.39, 0.29) is 24.1 Å². The molecule has 0 saturated carbocycles. The molecule has 0 bridgehead atoms. The van der Waals surface area contributed by atoms with Crippen LogP contribution < -0.4 is 15.4 Å². The van der Waals surface area contributed by atoms with Crippen molar-refractivity contribution < 1.29 is 19.1 Å². The van der Waals surface area contributed by atoms with Crippen LogP contribution in [0.3, 0.4) is 0 Å². The molecule has 5 rings (SSSR count). The number of nitrogens with one attached hydrogen (secondary N) is 2. The van der Waals surface area contributed by atoms with E-state index in [0.717, 1.165) is 10.9 Å². The Kier molecular flexibility index (Phi) is 5.78. The van der Waals surface area contributed by atoms with Gasteiger partial charge >= 0.3 is 0 Å². The Morgan fingerprint density at radius 1 is 1.11 bits per heavy atom. The summed E-state index contributed by atoms with van der Waals surface area (Å²) in [6.07, 6.45) is 0.0156. The Morgan fingerprint density at radius 2 is 1.89 bits per heavy atom. The van der Waals surface area contributed by atoms with E-state index in [9.17, 15) is 14.4 Å². The number of ether oxygens (including phenoxy) is 1. The van der Waals surface area contributed by atoms with Crippen LogP contribution in [-0.4, -0.2) is 29.4 Å². The van der Waals surface area contributed by atoms with Crippen molar-refractivity contribution in [3.8, 4) is 5.75 Å². The Hall–Kier alpha value is -4.10. The van der Waals surface area contributed by atoms with Crippen molar-refractivity contribution >= 4 is 45.9 Å². The van der Waals surface area contributed by atoms with Crippen LogP contribution in [0.4, 0.5) is 5.69 Å². The minimum atomic E-state index is -0.290. The Morgan fingerprint density at radius 3 is 2.63 bits per heavy atom. The van der Waals surface area contributed by atoms with Crippen LogP contribution in [0.25, 0.3) is 10.9 Å². The lowest BCUT2D eigenvalue weighted by Crippen LogP contribution is -2.19. The van der Waals surface area contributed by atoms with Crippen molar-refractivity contribution in [1.82, 2.24) is 9.88 Å². The van der Waals surface area contributed by atoms with Crippen LogP contribution in [0, 0.1) is 6.92 Å². The number of rotatable bonds is 5. The van der Waals surface area contributed by atoms with Gasteiger partial charge in [-0.1, -0.05) is 23.7 Å². The normalized spacial score (nSPS) is 12.4. The van der Waals surface area contributed by atoms with E-state index in [1.807, 2.05) is 31.2 Å². The van der Waals surface area contributed by atoms with Gasteiger partial charge in [0.1, 0.15) is 5.75 Å². The number of aromatic nitrogens is 1. The van der Waals surface area contributed by atoms with Crippen LogP contribution in [0.15, 0.2) is 60.7 Å². The molecular weight excluding hydrogens is 466 g/mol. The topological polar surface area (TPSA) is 89.4 Å². The zero-order chi connectivity index (χ0) is 24.7. The third-order valence-electron chi connectivity index (χ3n) is 6.26. The largest absolute Gasteiger partial charge is 0.497 e. The average Bonchev–Trinajstić information content (AvgIpc) is 3.36. The number of carbonyl (C=O) groups excluding carboxylic acids is 3. The van der Waals surface area contributed by atoms with Gasteiger partial charge in [0.2, 0.25) is 5.91 Å². The monoisotopic (exact) mass is 487 g/mol. The number of amides is 2. The van der Waals surface area contributed by atoms with E-state index in [4.69, 9.17) is 16.3 Å². The van der Waals surface area contributed by atoms with Crippen molar-refractivity contribution in [2.75, 3.05) is 12.4 Å². The fraction of sp³-hybridized carbons (Fsp3) is 0.148. The van der Waals surface area contributed by atoms with Crippen LogP contribution in [0.5, 0.6) is 5.75 Å². The molecule has 176 valence electrons. The molecule has 2 N–H and O–H groups in total. The highest BCUT2D eigenvalue weighted by Crippen LogP contribution is 2.31. The van der Waals surface area contributed by atoms with Gasteiger partial charge in [-0.25, -0.2) is 0 Å². The zero-order valence-corrected chi connectivity index (χ0v) is 19.9. The summed E-state index contributed by atoms with van der Waals surface area (Å²) >= 11 is 5.99. The predicted molar refractivity (Wildman–Crippen MR) is 134 cm³/mol. The number of halogens is 1. The van der Waals surface area contributed by atoms with Gasteiger partial charge < -0.3 is 15.4 Å². The number of nitrogens with zero attached hydrogens (tertiary/aromatic N) is 1. The SMILES string of the molecule is COc1ccc2c(c1)c(CC(=O)Nc1cccc3c1C(=O)NC3)c(C)n2C(=O)c1ccc(Cl)cc1. The maximum atomic E-state index is 13.4. The molecule has 3 aromatic carbocycles. The van der Waals surface area contributed by atoms with E-state index in [1.54, 1.807) is 48.1 Å². The molecule has 8 heteroatoms. The first-order chi connectivity index (χ1) is 16.9. The van der Waals surface area contributed by atoms with Crippen LogP contribution in [0.2, 0.25) is 5.02 Å². The third-order valence-corrected chi connectivity index (χ3v) is 6.52. The Labute approximate surface area is 206 Å². The summed E-state index contributed by atoms with van der Waals surface area (Å²) in [5.74, 6) is -0.102. The molecule has 1 aromatic heterocycles. The van der Waals surface area contributed by atoms with E-state index < -0.39 is 0 Å². The number of anilines is 1. The van der Waals surface area contributed by atoms with Crippen molar-refractivity contribution in [2.45, 2.75) is 19.9 Å². The van der Waals surface area contributed by atoms with Crippen LogP contribution in [0.1, 0.15) is 37.5 Å². The van der Waals surface area contributed by atoms with E-state index in [1.165, 1.54) is 0 Å². The Balaban J connectivity index is 1.54. The fourth-order valence-corrected chi connectivity index (χ4v) is 4.66. The predicted octanol–water partition coefficient (Wildman–Crippen LogP) is 4.72. The first-order valence-corrected chi connectivity index (χ1v) is 11.4. The standard InChI is InChI=1S/C27H22ClN3O4/c1-15-20(13-24(32)30-22-5-3-4-17-14-29-26(33)25(17)22)21-12-19(35-2)10-11-23(21)31(15)27(34)16-6-8-18(28)9-7-16/h3-12H,13-14H2,1-2H3,(H,29,33)(H,30,32). The minimum Gasteiger partial charge on any atom is -0.497 e. The van der Waals surface area contributed by atoms with Gasteiger partial charge in [0.05, 0.1) is 30.3 Å². The molecule has 0 saturated heterocycles. The highest BCUT2D eigenvalue weighted by molar-refractivity contribution is 6.30. The number of methoxy groups -OCH3 is 1. The van der Waals surface area contributed by atoms with Gasteiger partial charge in [-0.2, -0.15) is 0 Å². The second-order valence-electron chi connectivity index (χ2n) is 8.34. The zero-order valence-electron chi connectivity index (χ0n) is 19.1. The van der Waals surface area contributed by atoms with Gasteiger partial charge in [0, 0.05) is 28.2 Å². The first-order valence-electron chi connectivity index (χ1n) is 11.1. The molecule has 4 aromatic rings. The lowest BCUT2D eigenvalue weighted by molar-refractivity contribution is -0.115. The summed E-state index contributed by atoms with van der Waals surface area (Å²) in [4.78, 5) is 38.8. The van der Waals surface area contributed by atoms with E-state index in [2.05, 4.69) is 10.6 Å². The smallest absolute Gasteiger partial charge is 0.262 e. The molecule has 2 amide bonds. The summed E-state index contributed by atoms with van der Waals surface area (Å²) in [6.45, 7) is 2.26. The molecule has 0 spiro atoms. The Bertz CT molecular complexity index is 1510. The summed E-state index contributed by atoms with van der Waals surface area (Å²) in [5, 5.41) is 6.94. The highest BCUT2D eigenvalue weighted by atomic mass is 35.5. The molecule has 0 unspecified atom stereocenters. The second kappa shape index (κ2) is 8.92. The molecule has 0 fully saturated rings. The van der Waals surface area contributed by atoms with Gasteiger partial charge in [0.15, 0.2) is 0 Å².